The summed E-state index contributed by atoms with van der Waals surface area (Å²) in [7, 11) is 0. The molecule has 2 N–H and O–H groups in total. The second kappa shape index (κ2) is 5.05. The highest BCUT2D eigenvalue weighted by atomic mass is 16.5. The van der Waals surface area contributed by atoms with Gasteiger partial charge in [0.25, 0.3) is 0 Å². The van der Waals surface area contributed by atoms with Crippen molar-refractivity contribution in [2.75, 3.05) is 6.61 Å². The Kier molecular flexibility index (Phi) is 3.73. The van der Waals surface area contributed by atoms with Crippen molar-refractivity contribution in [3.05, 3.63) is 24.2 Å². The molecule has 0 aromatic carbocycles. The molecule has 0 aliphatic rings. The minimum atomic E-state index is -0.346. The van der Waals surface area contributed by atoms with Crippen LogP contribution in [0.3, 0.4) is 0 Å². The summed E-state index contributed by atoms with van der Waals surface area (Å²) in [5, 5.41) is 4.57. The van der Waals surface area contributed by atoms with Gasteiger partial charge in [-0.3, -0.25) is 0 Å². The first kappa shape index (κ1) is 14.8. The average Bonchev–Trinajstić information content (AvgIpc) is 2.80. The number of fused-ring (bicyclic) bond motifs is 1. The van der Waals surface area contributed by atoms with Crippen molar-refractivity contribution in [1.82, 2.24) is 14.6 Å². The second-order valence-corrected chi connectivity index (χ2v) is 6.64. The average molecular weight is 276 g/mol. The summed E-state index contributed by atoms with van der Waals surface area (Å²) < 4.78 is 7.61. The number of hydrogen-bond donors (Lipinski definition) is 1. The Morgan fingerprint density at radius 2 is 2.00 bits per heavy atom. The van der Waals surface area contributed by atoms with Crippen LogP contribution in [0.25, 0.3) is 5.52 Å². The van der Waals surface area contributed by atoms with E-state index in [1.807, 2.05) is 30.6 Å². The van der Waals surface area contributed by atoms with Gasteiger partial charge in [0.2, 0.25) is 5.88 Å². The van der Waals surface area contributed by atoms with Crippen molar-refractivity contribution >= 4 is 5.52 Å². The molecule has 0 saturated heterocycles. The van der Waals surface area contributed by atoms with E-state index in [-0.39, 0.29) is 11.0 Å². The molecule has 1 unspecified atom stereocenters. The van der Waals surface area contributed by atoms with E-state index in [0.717, 1.165) is 17.6 Å². The molecule has 0 aliphatic carbocycles. The molecule has 0 spiro atoms. The van der Waals surface area contributed by atoms with Gasteiger partial charge in [-0.15, -0.1) is 0 Å². The first-order valence-electron chi connectivity index (χ1n) is 6.99. The Labute approximate surface area is 120 Å². The van der Waals surface area contributed by atoms with Crippen molar-refractivity contribution in [1.29, 1.82) is 0 Å². The third-order valence-electron chi connectivity index (χ3n) is 3.47. The maximum Gasteiger partial charge on any atom is 0.240 e. The van der Waals surface area contributed by atoms with Crippen LogP contribution in [0.5, 0.6) is 5.88 Å². The standard InChI is InChI=1S/C15H24N4O/c1-6-15(5,16)10-20-13-11-9-12(14(2,3)4)18-19(11)8-7-17-13/h7-9H,6,10,16H2,1-5H3. The molecule has 5 heteroatoms. The molecular weight excluding hydrogens is 252 g/mol. The molecule has 2 aromatic rings. The van der Waals surface area contributed by atoms with E-state index in [1.165, 1.54) is 0 Å². The fourth-order valence-electron chi connectivity index (χ4n) is 1.71. The first-order valence-corrected chi connectivity index (χ1v) is 6.99. The highest BCUT2D eigenvalue weighted by molar-refractivity contribution is 5.57. The van der Waals surface area contributed by atoms with Crippen LogP contribution in [-0.4, -0.2) is 26.7 Å². The Morgan fingerprint density at radius 1 is 1.30 bits per heavy atom. The van der Waals surface area contributed by atoms with Crippen LogP contribution >= 0.6 is 0 Å². The largest absolute Gasteiger partial charge is 0.474 e. The SMILES string of the molecule is CCC(C)(N)COc1nccn2nc(C(C)(C)C)cc12. The zero-order chi connectivity index (χ0) is 15.0. The Hall–Kier alpha value is -1.62. The maximum absolute atomic E-state index is 6.11. The van der Waals surface area contributed by atoms with Gasteiger partial charge in [-0.1, -0.05) is 27.7 Å². The smallest absolute Gasteiger partial charge is 0.240 e. The molecule has 1 atom stereocenters. The van der Waals surface area contributed by atoms with Gasteiger partial charge < -0.3 is 10.5 Å². The van der Waals surface area contributed by atoms with Crippen molar-refractivity contribution in [3.63, 3.8) is 0 Å². The van der Waals surface area contributed by atoms with E-state index in [0.29, 0.717) is 12.5 Å². The van der Waals surface area contributed by atoms with Crippen molar-refractivity contribution < 1.29 is 4.74 Å². The maximum atomic E-state index is 6.11. The van der Waals surface area contributed by atoms with E-state index in [9.17, 15) is 0 Å². The van der Waals surface area contributed by atoms with Gasteiger partial charge >= 0.3 is 0 Å². The van der Waals surface area contributed by atoms with Gasteiger partial charge in [-0.25, -0.2) is 9.50 Å². The number of hydrogen-bond acceptors (Lipinski definition) is 4. The minimum absolute atomic E-state index is 0.00487. The third kappa shape index (κ3) is 3.10. The normalized spacial score (nSPS) is 15.3. The van der Waals surface area contributed by atoms with Crippen LogP contribution in [0.15, 0.2) is 18.5 Å². The topological polar surface area (TPSA) is 65.4 Å². The molecule has 0 amide bonds. The summed E-state index contributed by atoms with van der Waals surface area (Å²) in [5.74, 6) is 0.584. The van der Waals surface area contributed by atoms with Gasteiger partial charge in [0.05, 0.1) is 5.69 Å². The predicted octanol–water partition coefficient (Wildman–Crippen LogP) is 2.53. The number of ether oxygens (including phenoxy) is 1. The zero-order valence-electron chi connectivity index (χ0n) is 13.0. The first-order chi connectivity index (χ1) is 9.23. The van der Waals surface area contributed by atoms with E-state index >= 15 is 0 Å². The van der Waals surface area contributed by atoms with Gasteiger partial charge in [-0.2, -0.15) is 5.10 Å². The predicted molar refractivity (Wildman–Crippen MR) is 80.1 cm³/mol. The fourth-order valence-corrected chi connectivity index (χ4v) is 1.71. The summed E-state index contributed by atoms with van der Waals surface area (Å²) in [5.41, 5.74) is 7.65. The summed E-state index contributed by atoms with van der Waals surface area (Å²) >= 11 is 0. The molecule has 0 saturated carbocycles. The molecule has 5 nitrogen and oxygen atoms in total. The molecule has 0 aliphatic heterocycles. The molecule has 110 valence electrons. The molecule has 2 aromatic heterocycles. The van der Waals surface area contributed by atoms with E-state index in [1.54, 1.807) is 6.20 Å². The van der Waals surface area contributed by atoms with Crippen LogP contribution in [0.2, 0.25) is 0 Å². The van der Waals surface area contributed by atoms with E-state index in [2.05, 4.69) is 30.9 Å². The molecule has 0 bridgehead atoms. The number of aromatic nitrogens is 3. The number of rotatable bonds is 4. The Balaban J connectivity index is 2.32. The van der Waals surface area contributed by atoms with Gasteiger partial charge in [0, 0.05) is 23.3 Å². The highest BCUT2D eigenvalue weighted by Gasteiger charge is 2.21. The lowest BCUT2D eigenvalue weighted by atomic mass is 9.92. The van der Waals surface area contributed by atoms with Crippen LogP contribution in [0.1, 0.15) is 46.7 Å². The summed E-state index contributed by atoms with van der Waals surface area (Å²) in [6.07, 6.45) is 4.38. The monoisotopic (exact) mass is 276 g/mol. The van der Waals surface area contributed by atoms with Crippen LogP contribution in [0.4, 0.5) is 0 Å². The molecule has 2 rings (SSSR count). The van der Waals surface area contributed by atoms with Crippen molar-refractivity contribution in [2.45, 2.75) is 52.0 Å². The quantitative estimate of drug-likeness (QED) is 0.932. The van der Waals surface area contributed by atoms with Gasteiger partial charge in [0.15, 0.2) is 0 Å². The van der Waals surface area contributed by atoms with Crippen LogP contribution in [-0.2, 0) is 5.41 Å². The summed E-state index contributed by atoms with van der Waals surface area (Å²) in [6.45, 7) is 10.9. The Morgan fingerprint density at radius 3 is 2.60 bits per heavy atom. The minimum Gasteiger partial charge on any atom is -0.474 e. The molecule has 0 radical (unpaired) electrons. The molecule has 2 heterocycles. The summed E-state index contributed by atoms with van der Waals surface area (Å²) in [6, 6.07) is 2.03. The highest BCUT2D eigenvalue weighted by Crippen LogP contribution is 2.25. The van der Waals surface area contributed by atoms with Gasteiger partial charge in [0.1, 0.15) is 12.1 Å². The van der Waals surface area contributed by atoms with Crippen LogP contribution < -0.4 is 10.5 Å². The van der Waals surface area contributed by atoms with Crippen LogP contribution in [0, 0.1) is 0 Å². The number of nitrogens with zero attached hydrogens (tertiary/aromatic N) is 3. The second-order valence-electron chi connectivity index (χ2n) is 6.64. The summed E-state index contributed by atoms with van der Waals surface area (Å²) in [4.78, 5) is 4.30. The molecular formula is C15H24N4O. The zero-order valence-corrected chi connectivity index (χ0v) is 13.0. The van der Waals surface area contributed by atoms with Crippen molar-refractivity contribution in [3.8, 4) is 5.88 Å². The third-order valence-corrected chi connectivity index (χ3v) is 3.47. The van der Waals surface area contributed by atoms with E-state index in [4.69, 9.17) is 10.5 Å². The Bertz CT molecular complexity index is 595. The lowest BCUT2D eigenvalue weighted by Gasteiger charge is -2.22. The van der Waals surface area contributed by atoms with E-state index < -0.39 is 0 Å². The lowest BCUT2D eigenvalue weighted by Crippen LogP contribution is -2.41. The molecule has 0 fully saturated rings. The van der Waals surface area contributed by atoms with Gasteiger partial charge in [-0.05, 0) is 19.4 Å². The van der Waals surface area contributed by atoms with Crippen molar-refractivity contribution in [2.24, 2.45) is 5.73 Å². The fraction of sp³-hybridized carbons (Fsp3) is 0.600. The molecule has 20 heavy (non-hydrogen) atoms. The number of nitrogens with two attached hydrogens (primary N) is 1. The lowest BCUT2D eigenvalue weighted by molar-refractivity contribution is 0.220.